The molecule has 0 saturated carbocycles. The molecule has 0 radical (unpaired) electrons. The Morgan fingerprint density at radius 2 is 1.95 bits per heavy atom. The summed E-state index contributed by atoms with van der Waals surface area (Å²) in [6.07, 6.45) is 1.78. The predicted octanol–water partition coefficient (Wildman–Crippen LogP) is 2.78. The highest BCUT2D eigenvalue weighted by molar-refractivity contribution is 9.10. The zero-order valence-corrected chi connectivity index (χ0v) is 13.7. The van der Waals surface area contributed by atoms with Gasteiger partial charge < -0.3 is 15.7 Å². The summed E-state index contributed by atoms with van der Waals surface area (Å²) in [5.41, 5.74) is 0.631. The Morgan fingerprint density at radius 3 is 2.50 bits per heavy atom. The van der Waals surface area contributed by atoms with Crippen molar-refractivity contribution in [1.29, 1.82) is 0 Å². The maximum Gasteiger partial charge on any atom is 0.238 e. The number of carbonyl (C=O) groups is 1. The van der Waals surface area contributed by atoms with E-state index in [1.165, 1.54) is 0 Å². The van der Waals surface area contributed by atoms with E-state index in [1.807, 2.05) is 24.3 Å². The molecule has 1 amide bonds. The van der Waals surface area contributed by atoms with Crippen LogP contribution in [-0.4, -0.2) is 30.7 Å². The number of hydrogen-bond acceptors (Lipinski definition) is 3. The fraction of sp³-hybridized carbons (Fsp3) is 0.533. The van der Waals surface area contributed by atoms with Crippen LogP contribution in [0.3, 0.4) is 0 Å². The zero-order chi connectivity index (χ0) is 15.0. The Morgan fingerprint density at radius 1 is 1.30 bits per heavy atom. The number of anilines is 1. The summed E-state index contributed by atoms with van der Waals surface area (Å²) in [6.45, 7) is 5.13. The van der Waals surface area contributed by atoms with Gasteiger partial charge in [0, 0.05) is 23.0 Å². The third kappa shape index (κ3) is 4.89. The highest BCUT2D eigenvalue weighted by Gasteiger charge is 2.24. The van der Waals surface area contributed by atoms with Crippen LogP contribution in [0.15, 0.2) is 28.7 Å². The van der Waals surface area contributed by atoms with Gasteiger partial charge in [0.25, 0.3) is 0 Å². The van der Waals surface area contributed by atoms with Crippen molar-refractivity contribution in [2.24, 2.45) is 5.41 Å². The number of benzene rings is 1. The Bertz CT molecular complexity index is 425. The van der Waals surface area contributed by atoms with Crippen LogP contribution >= 0.6 is 15.9 Å². The second-order valence-electron chi connectivity index (χ2n) is 5.00. The molecule has 0 spiro atoms. The van der Waals surface area contributed by atoms with Gasteiger partial charge in [-0.3, -0.25) is 4.79 Å². The molecule has 0 unspecified atom stereocenters. The summed E-state index contributed by atoms with van der Waals surface area (Å²) in [7, 11) is 0. The molecule has 112 valence electrons. The molecule has 20 heavy (non-hydrogen) atoms. The van der Waals surface area contributed by atoms with Crippen LogP contribution in [-0.2, 0) is 4.79 Å². The first-order valence-electron chi connectivity index (χ1n) is 6.93. The first-order chi connectivity index (χ1) is 9.56. The van der Waals surface area contributed by atoms with Gasteiger partial charge in [-0.1, -0.05) is 26.0 Å². The summed E-state index contributed by atoms with van der Waals surface area (Å²) in [4.78, 5) is 11.9. The molecular weight excluding hydrogens is 320 g/mol. The normalized spacial score (nSPS) is 11.4. The molecule has 0 heterocycles. The van der Waals surface area contributed by atoms with Gasteiger partial charge in [0.1, 0.15) is 0 Å². The van der Waals surface area contributed by atoms with Crippen LogP contribution in [0, 0.1) is 5.41 Å². The van der Waals surface area contributed by atoms with Crippen molar-refractivity contribution in [3.63, 3.8) is 0 Å². The van der Waals surface area contributed by atoms with Gasteiger partial charge in [0.2, 0.25) is 5.91 Å². The summed E-state index contributed by atoms with van der Waals surface area (Å²) in [5, 5.41) is 15.4. The summed E-state index contributed by atoms with van der Waals surface area (Å²) in [6, 6.07) is 7.50. The van der Waals surface area contributed by atoms with Crippen LogP contribution in [0.5, 0.6) is 0 Å². The smallest absolute Gasteiger partial charge is 0.238 e. The lowest BCUT2D eigenvalue weighted by molar-refractivity contribution is -0.115. The Labute approximate surface area is 129 Å². The van der Waals surface area contributed by atoms with Crippen molar-refractivity contribution in [3.8, 4) is 0 Å². The number of halogens is 1. The van der Waals surface area contributed by atoms with Crippen LogP contribution in [0.4, 0.5) is 5.69 Å². The van der Waals surface area contributed by atoms with Crippen LogP contribution in [0.1, 0.15) is 26.7 Å². The Hall–Kier alpha value is -0.910. The van der Waals surface area contributed by atoms with E-state index in [4.69, 9.17) is 0 Å². The third-order valence-corrected chi connectivity index (χ3v) is 4.46. The third-order valence-electron chi connectivity index (χ3n) is 3.77. The predicted molar refractivity (Wildman–Crippen MR) is 85.7 cm³/mol. The lowest BCUT2D eigenvalue weighted by atomic mass is 9.83. The SMILES string of the molecule is CCC(CC)(CO)CNCC(=O)Nc1ccccc1Br. The molecule has 0 aromatic heterocycles. The van der Waals surface area contributed by atoms with E-state index in [0.29, 0.717) is 6.54 Å². The van der Waals surface area contributed by atoms with Crippen molar-refractivity contribution in [2.75, 3.05) is 25.0 Å². The van der Waals surface area contributed by atoms with Gasteiger partial charge >= 0.3 is 0 Å². The van der Waals surface area contributed by atoms with Gasteiger partial charge in [0.05, 0.1) is 12.2 Å². The molecular formula is C15H23BrN2O2. The minimum absolute atomic E-state index is 0.0871. The number of para-hydroxylation sites is 1. The number of carbonyl (C=O) groups excluding carboxylic acids is 1. The van der Waals surface area contributed by atoms with Crippen LogP contribution in [0.25, 0.3) is 0 Å². The summed E-state index contributed by atoms with van der Waals surface area (Å²) in [5.74, 6) is -0.0871. The van der Waals surface area contributed by atoms with Crippen molar-refractivity contribution >= 4 is 27.5 Å². The standard InChI is InChI=1S/C15H23BrN2O2/c1-3-15(4-2,11-19)10-17-9-14(20)18-13-8-6-5-7-12(13)16/h5-8,17,19H,3-4,9-11H2,1-2H3,(H,18,20). The average molecular weight is 343 g/mol. The number of rotatable bonds is 8. The molecule has 0 bridgehead atoms. The summed E-state index contributed by atoms with van der Waals surface area (Å²) >= 11 is 3.39. The molecule has 4 nitrogen and oxygen atoms in total. The Balaban J connectivity index is 2.43. The molecule has 0 aliphatic carbocycles. The van der Waals surface area contributed by atoms with E-state index in [2.05, 4.69) is 40.4 Å². The van der Waals surface area contributed by atoms with E-state index < -0.39 is 0 Å². The number of hydrogen-bond donors (Lipinski definition) is 3. The van der Waals surface area contributed by atoms with E-state index in [0.717, 1.165) is 23.0 Å². The second kappa shape index (κ2) is 8.39. The molecule has 0 aliphatic heterocycles. The first kappa shape index (κ1) is 17.1. The molecule has 1 aromatic rings. The molecule has 1 rings (SSSR count). The average Bonchev–Trinajstić information content (AvgIpc) is 2.47. The highest BCUT2D eigenvalue weighted by Crippen LogP contribution is 2.24. The number of aliphatic hydroxyl groups excluding tert-OH is 1. The quantitative estimate of drug-likeness (QED) is 0.680. The maximum atomic E-state index is 11.9. The lowest BCUT2D eigenvalue weighted by Gasteiger charge is -2.29. The van der Waals surface area contributed by atoms with E-state index in [9.17, 15) is 9.90 Å². The number of amides is 1. The molecule has 0 saturated heterocycles. The minimum atomic E-state index is -0.131. The maximum absolute atomic E-state index is 11.9. The van der Waals surface area contributed by atoms with Gasteiger partial charge in [-0.2, -0.15) is 0 Å². The van der Waals surface area contributed by atoms with E-state index in [-0.39, 0.29) is 24.5 Å². The van der Waals surface area contributed by atoms with Gasteiger partial charge in [0.15, 0.2) is 0 Å². The van der Waals surface area contributed by atoms with E-state index in [1.54, 1.807) is 0 Å². The fourth-order valence-electron chi connectivity index (χ4n) is 1.98. The molecule has 5 heteroatoms. The molecule has 0 atom stereocenters. The largest absolute Gasteiger partial charge is 0.396 e. The molecule has 3 N–H and O–H groups in total. The number of aliphatic hydroxyl groups is 1. The monoisotopic (exact) mass is 342 g/mol. The minimum Gasteiger partial charge on any atom is -0.396 e. The van der Waals surface area contributed by atoms with Crippen LogP contribution in [0.2, 0.25) is 0 Å². The molecule has 0 aliphatic rings. The highest BCUT2D eigenvalue weighted by atomic mass is 79.9. The van der Waals surface area contributed by atoms with Crippen molar-refractivity contribution in [1.82, 2.24) is 5.32 Å². The van der Waals surface area contributed by atoms with Gasteiger partial charge in [-0.25, -0.2) is 0 Å². The Kier molecular flexibility index (Phi) is 7.19. The summed E-state index contributed by atoms with van der Waals surface area (Å²) < 4.78 is 0.861. The van der Waals surface area contributed by atoms with Gasteiger partial charge in [-0.15, -0.1) is 0 Å². The number of nitrogens with one attached hydrogen (secondary N) is 2. The van der Waals surface area contributed by atoms with Crippen molar-refractivity contribution < 1.29 is 9.90 Å². The van der Waals surface area contributed by atoms with Gasteiger partial charge in [-0.05, 0) is 40.9 Å². The fourth-order valence-corrected chi connectivity index (χ4v) is 2.36. The molecule has 1 aromatic carbocycles. The molecule has 0 fully saturated rings. The topological polar surface area (TPSA) is 61.4 Å². The second-order valence-corrected chi connectivity index (χ2v) is 5.85. The van der Waals surface area contributed by atoms with E-state index >= 15 is 0 Å². The first-order valence-corrected chi connectivity index (χ1v) is 7.72. The van der Waals surface area contributed by atoms with Crippen molar-refractivity contribution in [3.05, 3.63) is 28.7 Å². The zero-order valence-electron chi connectivity index (χ0n) is 12.1. The van der Waals surface area contributed by atoms with Crippen molar-refractivity contribution in [2.45, 2.75) is 26.7 Å². The lowest BCUT2D eigenvalue weighted by Crippen LogP contribution is -2.39. The van der Waals surface area contributed by atoms with Crippen LogP contribution < -0.4 is 10.6 Å².